The molecule has 0 aromatic heterocycles. The lowest BCUT2D eigenvalue weighted by Crippen LogP contribution is -2.39. The van der Waals surface area contributed by atoms with Crippen LogP contribution < -0.4 is 15.4 Å². The molecular formula is C18H30IN3O. The van der Waals surface area contributed by atoms with Crippen molar-refractivity contribution in [2.75, 3.05) is 26.7 Å². The third-order valence-electron chi connectivity index (χ3n) is 4.09. The molecule has 0 unspecified atom stereocenters. The number of benzene rings is 1. The predicted octanol–water partition coefficient (Wildman–Crippen LogP) is 3.56. The van der Waals surface area contributed by atoms with E-state index in [1.807, 2.05) is 12.1 Å². The first-order valence-corrected chi connectivity index (χ1v) is 8.27. The van der Waals surface area contributed by atoms with Gasteiger partial charge in [-0.05, 0) is 31.7 Å². The zero-order valence-electron chi connectivity index (χ0n) is 14.7. The molecule has 2 N–H and O–H groups in total. The fourth-order valence-electron chi connectivity index (χ4n) is 2.62. The first-order valence-electron chi connectivity index (χ1n) is 8.27. The number of hydrogen-bond donors (Lipinski definition) is 2. The number of nitrogens with one attached hydrogen (secondary N) is 2. The lowest BCUT2D eigenvalue weighted by Gasteiger charge is -2.18. The lowest BCUT2D eigenvalue weighted by atomic mass is 9.95. The average molecular weight is 431 g/mol. The highest BCUT2D eigenvalue weighted by atomic mass is 127. The normalized spacial score (nSPS) is 15.8. The number of aliphatic imine (C=N–C) groups is 1. The third kappa shape index (κ3) is 5.55. The van der Waals surface area contributed by atoms with Crippen molar-refractivity contribution in [1.82, 2.24) is 10.6 Å². The summed E-state index contributed by atoms with van der Waals surface area (Å²) in [5, 5.41) is 6.73. The van der Waals surface area contributed by atoms with Crippen molar-refractivity contribution >= 4 is 29.9 Å². The second-order valence-electron chi connectivity index (χ2n) is 6.45. The van der Waals surface area contributed by atoms with Gasteiger partial charge in [-0.15, -0.1) is 24.0 Å². The Labute approximate surface area is 157 Å². The maximum absolute atomic E-state index is 5.53. The topological polar surface area (TPSA) is 45.7 Å². The van der Waals surface area contributed by atoms with Crippen LogP contribution in [0.2, 0.25) is 0 Å². The molecule has 0 bridgehead atoms. The van der Waals surface area contributed by atoms with Gasteiger partial charge < -0.3 is 15.4 Å². The summed E-state index contributed by atoms with van der Waals surface area (Å²) in [7, 11) is 1.74. The molecule has 5 heteroatoms. The van der Waals surface area contributed by atoms with Gasteiger partial charge in [0.2, 0.25) is 0 Å². The van der Waals surface area contributed by atoms with Gasteiger partial charge in [0.15, 0.2) is 5.96 Å². The summed E-state index contributed by atoms with van der Waals surface area (Å²) in [6.45, 7) is 9.13. The first kappa shape index (κ1) is 20.1. The summed E-state index contributed by atoms with van der Waals surface area (Å²) in [6, 6.07) is 8.33. The van der Waals surface area contributed by atoms with Crippen LogP contribution in [-0.4, -0.2) is 32.7 Å². The number of hydrogen-bond acceptors (Lipinski definition) is 2. The summed E-state index contributed by atoms with van der Waals surface area (Å²) in [5.41, 5.74) is 1.45. The quantitative estimate of drug-likeness (QED) is 0.394. The van der Waals surface area contributed by atoms with E-state index in [1.54, 1.807) is 7.11 Å². The van der Waals surface area contributed by atoms with Gasteiger partial charge in [0.1, 0.15) is 5.75 Å². The van der Waals surface area contributed by atoms with Crippen molar-refractivity contribution < 1.29 is 4.74 Å². The van der Waals surface area contributed by atoms with E-state index in [-0.39, 0.29) is 29.4 Å². The summed E-state index contributed by atoms with van der Waals surface area (Å²) in [4.78, 5) is 4.81. The van der Waals surface area contributed by atoms with Gasteiger partial charge >= 0.3 is 0 Å². The third-order valence-corrected chi connectivity index (χ3v) is 4.09. The van der Waals surface area contributed by atoms with Crippen LogP contribution in [0.3, 0.4) is 0 Å². The Morgan fingerprint density at radius 2 is 1.96 bits per heavy atom. The van der Waals surface area contributed by atoms with E-state index in [9.17, 15) is 0 Å². The summed E-state index contributed by atoms with van der Waals surface area (Å²) in [5.74, 6) is 2.50. The Balaban J connectivity index is 0.00000264. The highest BCUT2D eigenvalue weighted by Crippen LogP contribution is 2.51. The molecule has 1 saturated carbocycles. The number of rotatable bonds is 7. The Bertz CT molecular complexity index is 513. The molecule has 2 rings (SSSR count). The fraction of sp³-hybridized carbons (Fsp3) is 0.611. The number of guanidine groups is 1. The zero-order valence-corrected chi connectivity index (χ0v) is 17.0. The summed E-state index contributed by atoms with van der Waals surface area (Å²) < 4.78 is 5.53. The minimum absolute atomic E-state index is 0. The van der Waals surface area contributed by atoms with Gasteiger partial charge in [-0.2, -0.15) is 0 Å². The van der Waals surface area contributed by atoms with Gasteiger partial charge in [0, 0.05) is 24.1 Å². The van der Waals surface area contributed by atoms with Crippen LogP contribution in [0.5, 0.6) is 5.75 Å². The van der Waals surface area contributed by atoms with Gasteiger partial charge in [-0.25, -0.2) is 0 Å². The van der Waals surface area contributed by atoms with Crippen molar-refractivity contribution in [3.63, 3.8) is 0 Å². The van der Waals surface area contributed by atoms with E-state index in [0.29, 0.717) is 5.92 Å². The molecule has 0 radical (unpaired) electrons. The lowest BCUT2D eigenvalue weighted by molar-refractivity contribution is 0.404. The van der Waals surface area contributed by atoms with Gasteiger partial charge in [-0.3, -0.25) is 4.99 Å². The molecule has 130 valence electrons. The van der Waals surface area contributed by atoms with Crippen LogP contribution in [0, 0.1) is 5.92 Å². The maximum Gasteiger partial charge on any atom is 0.191 e. The van der Waals surface area contributed by atoms with Crippen molar-refractivity contribution in [2.45, 2.75) is 39.0 Å². The molecule has 0 heterocycles. The smallest absolute Gasteiger partial charge is 0.191 e. The van der Waals surface area contributed by atoms with Crippen molar-refractivity contribution in [1.29, 1.82) is 0 Å². The van der Waals surface area contributed by atoms with Crippen LogP contribution in [0.15, 0.2) is 29.3 Å². The maximum atomic E-state index is 5.53. The molecule has 1 aromatic rings. The molecule has 0 atom stereocenters. The van der Waals surface area contributed by atoms with Crippen molar-refractivity contribution in [3.05, 3.63) is 29.8 Å². The molecule has 1 aromatic carbocycles. The molecule has 0 aliphatic heterocycles. The second kappa shape index (κ2) is 9.35. The summed E-state index contributed by atoms with van der Waals surface area (Å²) >= 11 is 0. The summed E-state index contributed by atoms with van der Waals surface area (Å²) in [6.07, 6.45) is 2.36. The van der Waals surface area contributed by atoms with E-state index in [0.717, 1.165) is 31.3 Å². The number of ether oxygens (including phenoxy) is 1. The molecule has 0 amide bonds. The van der Waals surface area contributed by atoms with E-state index in [4.69, 9.17) is 9.73 Å². The average Bonchev–Trinajstić information content (AvgIpc) is 3.31. The minimum Gasteiger partial charge on any atom is -0.496 e. The van der Waals surface area contributed by atoms with E-state index in [2.05, 4.69) is 43.5 Å². The number of methoxy groups -OCH3 is 1. The van der Waals surface area contributed by atoms with Crippen LogP contribution >= 0.6 is 24.0 Å². The van der Waals surface area contributed by atoms with Crippen LogP contribution in [0.4, 0.5) is 0 Å². The molecular weight excluding hydrogens is 401 g/mol. The van der Waals surface area contributed by atoms with Gasteiger partial charge in [0.05, 0.1) is 13.7 Å². The highest BCUT2D eigenvalue weighted by molar-refractivity contribution is 14.0. The fourth-order valence-corrected chi connectivity index (χ4v) is 2.62. The predicted molar refractivity (Wildman–Crippen MR) is 108 cm³/mol. The largest absolute Gasteiger partial charge is 0.496 e. The van der Waals surface area contributed by atoms with Gasteiger partial charge in [0.25, 0.3) is 0 Å². The first-order chi connectivity index (χ1) is 10.6. The van der Waals surface area contributed by atoms with E-state index < -0.39 is 0 Å². The monoisotopic (exact) mass is 431 g/mol. The van der Waals surface area contributed by atoms with Crippen LogP contribution in [0.1, 0.15) is 39.2 Å². The molecule has 0 spiro atoms. The highest BCUT2D eigenvalue weighted by Gasteiger charge is 2.46. The Morgan fingerprint density at radius 1 is 1.26 bits per heavy atom. The molecule has 0 saturated heterocycles. The molecule has 1 aliphatic carbocycles. The number of para-hydroxylation sites is 1. The van der Waals surface area contributed by atoms with Crippen LogP contribution in [0.25, 0.3) is 0 Å². The zero-order chi connectivity index (χ0) is 16.0. The van der Waals surface area contributed by atoms with E-state index in [1.165, 1.54) is 18.4 Å². The minimum atomic E-state index is 0. The second-order valence-corrected chi connectivity index (χ2v) is 6.45. The molecule has 1 fully saturated rings. The number of nitrogens with zero attached hydrogens (tertiary/aromatic N) is 1. The molecule has 23 heavy (non-hydrogen) atoms. The molecule has 4 nitrogen and oxygen atoms in total. The Morgan fingerprint density at radius 3 is 2.52 bits per heavy atom. The molecule has 1 aliphatic rings. The Kier molecular flexibility index (Phi) is 8.16. The van der Waals surface area contributed by atoms with Crippen molar-refractivity contribution in [2.24, 2.45) is 10.9 Å². The Hall–Kier alpha value is -0.980. The van der Waals surface area contributed by atoms with Crippen LogP contribution in [-0.2, 0) is 5.41 Å². The number of halogens is 1. The van der Waals surface area contributed by atoms with Gasteiger partial charge in [-0.1, -0.05) is 32.0 Å². The SMILES string of the molecule is CCNC(=NCC1(c2ccccc2OC)CC1)NCC(C)C.I. The van der Waals surface area contributed by atoms with Crippen molar-refractivity contribution in [3.8, 4) is 5.75 Å². The van der Waals surface area contributed by atoms with E-state index >= 15 is 0 Å². The standard InChI is InChI=1S/C18H29N3O.HI/c1-5-19-17(20-12-14(2)3)21-13-18(10-11-18)15-8-6-7-9-16(15)22-4;/h6-9,14H,5,10-13H2,1-4H3,(H2,19,20,21);1H.